The summed E-state index contributed by atoms with van der Waals surface area (Å²) in [7, 11) is 0. The Morgan fingerprint density at radius 3 is 2.60 bits per heavy atom. The zero-order chi connectivity index (χ0) is 14.1. The first-order valence-electron chi connectivity index (χ1n) is 8.23. The van der Waals surface area contributed by atoms with Crippen LogP contribution in [0.3, 0.4) is 0 Å². The molecule has 0 saturated carbocycles. The van der Waals surface area contributed by atoms with Crippen molar-refractivity contribution >= 4 is 0 Å². The summed E-state index contributed by atoms with van der Waals surface area (Å²) in [5.41, 5.74) is 1.49. The summed E-state index contributed by atoms with van der Waals surface area (Å²) >= 11 is 0. The first-order chi connectivity index (χ1) is 9.72. The lowest BCUT2D eigenvalue weighted by molar-refractivity contribution is 0.120. The van der Waals surface area contributed by atoms with Crippen molar-refractivity contribution in [1.82, 2.24) is 10.2 Å². The number of nitrogens with zero attached hydrogens (tertiary/aromatic N) is 1. The molecular formula is C18H28N2. The first-order valence-corrected chi connectivity index (χ1v) is 8.23. The minimum absolute atomic E-state index is 0.576. The van der Waals surface area contributed by atoms with Crippen molar-refractivity contribution in [3.05, 3.63) is 35.9 Å². The van der Waals surface area contributed by atoms with Crippen molar-refractivity contribution in [2.24, 2.45) is 17.8 Å². The summed E-state index contributed by atoms with van der Waals surface area (Å²) in [6, 6.07) is 12.4. The van der Waals surface area contributed by atoms with E-state index in [2.05, 4.69) is 61.3 Å². The Morgan fingerprint density at radius 2 is 1.95 bits per heavy atom. The maximum Gasteiger partial charge on any atom is 0.0374 e. The van der Waals surface area contributed by atoms with E-state index in [1.807, 2.05) is 0 Å². The van der Waals surface area contributed by atoms with Gasteiger partial charge in [0.05, 0.1) is 0 Å². The second-order valence-electron chi connectivity index (χ2n) is 6.85. The van der Waals surface area contributed by atoms with Crippen LogP contribution < -0.4 is 5.32 Å². The standard InChI is InChI=1S/C18H28N2/c1-4-17-16-11-19-10-15(16)12-20(17)18(13(2)3)14-8-6-5-7-9-14/h5-9,13,15-19H,4,10-12H2,1-3H3. The average Bonchev–Trinajstić information content (AvgIpc) is 3.00. The molecule has 0 aromatic heterocycles. The Kier molecular flexibility index (Phi) is 4.13. The van der Waals surface area contributed by atoms with E-state index in [0.29, 0.717) is 12.0 Å². The van der Waals surface area contributed by atoms with Gasteiger partial charge in [-0.3, -0.25) is 4.90 Å². The predicted molar refractivity (Wildman–Crippen MR) is 84.7 cm³/mol. The highest BCUT2D eigenvalue weighted by atomic mass is 15.2. The molecule has 1 N–H and O–H groups in total. The van der Waals surface area contributed by atoms with Crippen LogP contribution in [0, 0.1) is 17.8 Å². The molecule has 2 saturated heterocycles. The van der Waals surface area contributed by atoms with Gasteiger partial charge in [-0.15, -0.1) is 0 Å². The van der Waals surface area contributed by atoms with Gasteiger partial charge in [0.25, 0.3) is 0 Å². The number of hydrogen-bond acceptors (Lipinski definition) is 2. The molecule has 2 heteroatoms. The Hall–Kier alpha value is -0.860. The van der Waals surface area contributed by atoms with Crippen LogP contribution in [-0.4, -0.2) is 30.6 Å². The molecule has 2 aliphatic heterocycles. The highest BCUT2D eigenvalue weighted by molar-refractivity contribution is 5.21. The number of rotatable bonds is 4. The van der Waals surface area contributed by atoms with Crippen LogP contribution in [0.25, 0.3) is 0 Å². The zero-order valence-corrected chi connectivity index (χ0v) is 13.0. The summed E-state index contributed by atoms with van der Waals surface area (Å²) in [6.07, 6.45) is 1.28. The topological polar surface area (TPSA) is 15.3 Å². The van der Waals surface area contributed by atoms with Gasteiger partial charge in [-0.2, -0.15) is 0 Å². The van der Waals surface area contributed by atoms with Crippen LogP contribution in [0.5, 0.6) is 0 Å². The summed E-state index contributed by atoms with van der Waals surface area (Å²) in [6.45, 7) is 10.8. The molecule has 2 heterocycles. The van der Waals surface area contributed by atoms with Crippen LogP contribution in [0.2, 0.25) is 0 Å². The molecule has 2 aliphatic rings. The van der Waals surface area contributed by atoms with Gasteiger partial charge in [0.2, 0.25) is 0 Å². The largest absolute Gasteiger partial charge is 0.316 e. The van der Waals surface area contributed by atoms with Gasteiger partial charge < -0.3 is 5.32 Å². The maximum atomic E-state index is 3.59. The minimum atomic E-state index is 0.576. The Bertz CT molecular complexity index is 428. The number of fused-ring (bicyclic) bond motifs is 1. The fourth-order valence-corrected chi connectivity index (χ4v) is 4.52. The van der Waals surface area contributed by atoms with Crippen LogP contribution in [0.1, 0.15) is 38.8 Å². The second-order valence-corrected chi connectivity index (χ2v) is 6.85. The number of nitrogens with one attached hydrogen (secondary N) is 1. The van der Waals surface area contributed by atoms with Gasteiger partial charge in [0.1, 0.15) is 0 Å². The Morgan fingerprint density at radius 1 is 1.20 bits per heavy atom. The summed E-state index contributed by atoms with van der Waals surface area (Å²) < 4.78 is 0. The highest BCUT2D eigenvalue weighted by Crippen LogP contribution is 2.41. The SMILES string of the molecule is CCC1C2CNCC2CN1C(c1ccccc1)C(C)C. The maximum absolute atomic E-state index is 3.59. The molecule has 110 valence electrons. The molecule has 1 aromatic rings. The highest BCUT2D eigenvalue weighted by Gasteiger charge is 2.46. The molecule has 0 aliphatic carbocycles. The minimum Gasteiger partial charge on any atom is -0.316 e. The quantitative estimate of drug-likeness (QED) is 0.904. The fourth-order valence-electron chi connectivity index (χ4n) is 4.52. The molecule has 0 spiro atoms. The predicted octanol–water partition coefficient (Wildman–Crippen LogP) is 3.31. The van der Waals surface area contributed by atoms with Crippen molar-refractivity contribution in [1.29, 1.82) is 0 Å². The lowest BCUT2D eigenvalue weighted by atomic mass is 9.90. The smallest absolute Gasteiger partial charge is 0.0374 e. The molecular weight excluding hydrogens is 244 g/mol. The third-order valence-corrected chi connectivity index (χ3v) is 5.31. The molecule has 20 heavy (non-hydrogen) atoms. The van der Waals surface area contributed by atoms with Crippen molar-refractivity contribution in [2.45, 2.75) is 39.3 Å². The zero-order valence-electron chi connectivity index (χ0n) is 13.0. The van der Waals surface area contributed by atoms with Crippen LogP contribution in [0.4, 0.5) is 0 Å². The van der Waals surface area contributed by atoms with E-state index in [4.69, 9.17) is 0 Å². The van der Waals surface area contributed by atoms with Crippen molar-refractivity contribution in [3.8, 4) is 0 Å². The molecule has 3 rings (SSSR count). The lowest BCUT2D eigenvalue weighted by Crippen LogP contribution is -2.39. The van der Waals surface area contributed by atoms with Gasteiger partial charge in [-0.05, 0) is 42.8 Å². The Balaban J connectivity index is 1.88. The van der Waals surface area contributed by atoms with Crippen molar-refractivity contribution < 1.29 is 0 Å². The molecule has 0 amide bonds. The van der Waals surface area contributed by atoms with Gasteiger partial charge >= 0.3 is 0 Å². The summed E-state index contributed by atoms with van der Waals surface area (Å²) in [5.74, 6) is 2.40. The molecule has 2 fully saturated rings. The summed E-state index contributed by atoms with van der Waals surface area (Å²) in [4.78, 5) is 2.82. The monoisotopic (exact) mass is 272 g/mol. The van der Waals surface area contributed by atoms with E-state index < -0.39 is 0 Å². The number of benzene rings is 1. The number of hydrogen-bond donors (Lipinski definition) is 1. The van der Waals surface area contributed by atoms with E-state index >= 15 is 0 Å². The van der Waals surface area contributed by atoms with Crippen LogP contribution in [-0.2, 0) is 0 Å². The third kappa shape index (κ3) is 2.40. The average molecular weight is 272 g/mol. The van der Waals surface area contributed by atoms with E-state index in [1.165, 1.54) is 31.6 Å². The van der Waals surface area contributed by atoms with Gasteiger partial charge in [-0.1, -0.05) is 51.1 Å². The normalized spacial score (nSPS) is 31.7. The van der Waals surface area contributed by atoms with E-state index in [-0.39, 0.29) is 0 Å². The van der Waals surface area contributed by atoms with Crippen LogP contribution in [0.15, 0.2) is 30.3 Å². The molecule has 4 unspecified atom stereocenters. The lowest BCUT2D eigenvalue weighted by Gasteiger charge is -2.37. The van der Waals surface area contributed by atoms with Gasteiger partial charge in [-0.25, -0.2) is 0 Å². The second kappa shape index (κ2) is 5.87. The van der Waals surface area contributed by atoms with Crippen molar-refractivity contribution in [2.75, 3.05) is 19.6 Å². The van der Waals surface area contributed by atoms with E-state index in [9.17, 15) is 0 Å². The Labute approximate surface area is 123 Å². The first kappa shape index (κ1) is 14.1. The molecule has 4 atom stereocenters. The van der Waals surface area contributed by atoms with E-state index in [1.54, 1.807) is 0 Å². The molecule has 0 bridgehead atoms. The summed E-state index contributed by atoms with van der Waals surface area (Å²) in [5, 5.41) is 3.59. The number of likely N-dealkylation sites (tertiary alicyclic amines) is 1. The van der Waals surface area contributed by atoms with Crippen LogP contribution >= 0.6 is 0 Å². The fraction of sp³-hybridized carbons (Fsp3) is 0.667. The molecule has 0 radical (unpaired) electrons. The van der Waals surface area contributed by atoms with E-state index in [0.717, 1.165) is 17.9 Å². The van der Waals surface area contributed by atoms with Gasteiger partial charge in [0, 0.05) is 18.6 Å². The van der Waals surface area contributed by atoms with Gasteiger partial charge in [0.15, 0.2) is 0 Å². The molecule has 1 aromatic carbocycles. The molecule has 2 nitrogen and oxygen atoms in total. The van der Waals surface area contributed by atoms with Crippen molar-refractivity contribution in [3.63, 3.8) is 0 Å². The third-order valence-electron chi connectivity index (χ3n) is 5.31.